The first kappa shape index (κ1) is 38.8. The van der Waals surface area contributed by atoms with E-state index in [-0.39, 0.29) is 24.2 Å². The molecule has 2 aliphatic heterocycles. The number of hydrogen-bond acceptors (Lipinski definition) is 7. The van der Waals surface area contributed by atoms with Crippen LogP contribution in [0.5, 0.6) is 5.75 Å². The van der Waals surface area contributed by atoms with E-state index in [0.29, 0.717) is 61.2 Å². The van der Waals surface area contributed by atoms with Gasteiger partial charge in [0.25, 0.3) is 0 Å². The van der Waals surface area contributed by atoms with E-state index < -0.39 is 12.1 Å². The molecule has 0 bridgehead atoms. The van der Waals surface area contributed by atoms with Crippen LogP contribution < -0.4 is 10.1 Å². The molecular weight excluding hydrogens is 705 g/mol. The Bertz CT molecular complexity index is 1920. The summed E-state index contributed by atoms with van der Waals surface area (Å²) in [5, 5.41) is 13.3. The highest BCUT2D eigenvalue weighted by molar-refractivity contribution is 6.30. The zero-order valence-electron chi connectivity index (χ0n) is 30.7. The molecule has 0 radical (unpaired) electrons. The second-order valence-electron chi connectivity index (χ2n) is 13.8. The van der Waals surface area contributed by atoms with E-state index >= 15 is 0 Å². The van der Waals surface area contributed by atoms with Gasteiger partial charge in [-0.05, 0) is 97.8 Å². The minimum absolute atomic E-state index is 0.0764. The maximum absolute atomic E-state index is 14.8. The van der Waals surface area contributed by atoms with Crippen molar-refractivity contribution < 1.29 is 23.5 Å². The molecular formula is C43H47ClFN5O4. The molecule has 2 heterocycles. The first-order valence-electron chi connectivity index (χ1n) is 18.7. The number of ether oxygens (including phenoxy) is 2. The standard InChI is InChI=1S/C43H47ClFN5O4/c1-2-53-40-14-8-13-39(45)38(40)29-49-23-25-50(26-24-49)42(51)41(47-43(52)54-30-31-9-4-3-5-10-31)32-17-20-48(21-18-32)22-19-33-27-35(44)15-16-37(33)36-12-7-6-11-34(36)28-46/h3-16,27,32,41H,2,17-26,29-30H2,1H3,(H,47,52)/t41-/m1/s1. The van der Waals surface area contributed by atoms with Gasteiger partial charge in [0, 0.05) is 49.9 Å². The zero-order chi connectivity index (χ0) is 37.9. The maximum Gasteiger partial charge on any atom is 0.408 e. The van der Waals surface area contributed by atoms with Crippen LogP contribution in [0.15, 0.2) is 91.0 Å². The maximum atomic E-state index is 14.8. The first-order valence-corrected chi connectivity index (χ1v) is 19.1. The topological polar surface area (TPSA) is 98.1 Å². The van der Waals surface area contributed by atoms with Gasteiger partial charge in [0.15, 0.2) is 0 Å². The number of nitrogens with zero attached hydrogens (tertiary/aromatic N) is 4. The monoisotopic (exact) mass is 751 g/mol. The Morgan fingerprint density at radius 1 is 0.907 bits per heavy atom. The lowest BCUT2D eigenvalue weighted by Crippen LogP contribution is -2.58. The first-order chi connectivity index (χ1) is 26.3. The number of nitriles is 1. The number of nitrogens with one attached hydrogen (secondary N) is 1. The van der Waals surface area contributed by atoms with Crippen LogP contribution in [-0.4, -0.2) is 85.2 Å². The number of likely N-dealkylation sites (tertiary alicyclic amines) is 1. The highest BCUT2D eigenvalue weighted by Gasteiger charge is 2.37. The Balaban J connectivity index is 1.09. The predicted molar refractivity (Wildman–Crippen MR) is 207 cm³/mol. The van der Waals surface area contributed by atoms with Gasteiger partial charge in [-0.25, -0.2) is 9.18 Å². The van der Waals surface area contributed by atoms with Crippen LogP contribution in [-0.2, 0) is 29.1 Å². The summed E-state index contributed by atoms with van der Waals surface area (Å²) in [5.41, 5.74) is 4.96. The number of amides is 2. The summed E-state index contributed by atoms with van der Waals surface area (Å²) in [6, 6.07) is 29.3. The molecule has 1 N–H and O–H groups in total. The summed E-state index contributed by atoms with van der Waals surface area (Å²) in [6.45, 7) is 7.19. The van der Waals surface area contributed by atoms with E-state index in [1.807, 2.05) is 84.6 Å². The third-order valence-corrected chi connectivity index (χ3v) is 10.6. The predicted octanol–water partition coefficient (Wildman–Crippen LogP) is 7.31. The highest BCUT2D eigenvalue weighted by atomic mass is 35.5. The third kappa shape index (κ3) is 9.97. The van der Waals surface area contributed by atoms with Crippen LogP contribution in [0.2, 0.25) is 5.02 Å². The molecule has 0 aliphatic carbocycles. The molecule has 6 rings (SSSR count). The third-order valence-electron chi connectivity index (χ3n) is 10.4. The number of carbonyl (C=O) groups excluding carboxylic acids is 2. The van der Waals surface area contributed by atoms with Crippen LogP contribution in [0.4, 0.5) is 9.18 Å². The van der Waals surface area contributed by atoms with Gasteiger partial charge in [0.1, 0.15) is 24.2 Å². The number of benzene rings is 4. The smallest absolute Gasteiger partial charge is 0.408 e. The number of piperidine rings is 1. The molecule has 4 aromatic rings. The largest absolute Gasteiger partial charge is 0.493 e. The summed E-state index contributed by atoms with van der Waals surface area (Å²) in [6.07, 6.45) is 1.58. The van der Waals surface area contributed by atoms with E-state index in [0.717, 1.165) is 61.2 Å². The lowest BCUT2D eigenvalue weighted by Gasteiger charge is -2.40. The Kier molecular flexibility index (Phi) is 13.6. The number of rotatable bonds is 13. The Morgan fingerprint density at radius 2 is 1.65 bits per heavy atom. The molecule has 2 amide bonds. The summed E-state index contributed by atoms with van der Waals surface area (Å²) < 4.78 is 26.0. The van der Waals surface area contributed by atoms with Gasteiger partial charge in [-0.1, -0.05) is 72.3 Å². The number of halogens is 2. The molecule has 282 valence electrons. The number of hydrogen-bond donors (Lipinski definition) is 1. The summed E-state index contributed by atoms with van der Waals surface area (Å²) in [5.74, 6) is 0.0391. The average molecular weight is 752 g/mol. The van der Waals surface area contributed by atoms with Gasteiger partial charge in [0.05, 0.1) is 18.2 Å². The molecule has 0 unspecified atom stereocenters. The van der Waals surface area contributed by atoms with E-state index in [1.165, 1.54) is 6.07 Å². The van der Waals surface area contributed by atoms with Crippen molar-refractivity contribution in [2.24, 2.45) is 5.92 Å². The van der Waals surface area contributed by atoms with Crippen molar-refractivity contribution in [2.45, 2.75) is 45.4 Å². The molecule has 11 heteroatoms. The molecule has 54 heavy (non-hydrogen) atoms. The summed E-state index contributed by atoms with van der Waals surface area (Å²) >= 11 is 6.43. The van der Waals surface area contributed by atoms with Gasteiger partial charge < -0.3 is 24.6 Å². The fourth-order valence-electron chi connectivity index (χ4n) is 7.44. The van der Waals surface area contributed by atoms with Gasteiger partial charge in [-0.3, -0.25) is 9.69 Å². The van der Waals surface area contributed by atoms with Gasteiger partial charge in [-0.15, -0.1) is 0 Å². The molecule has 0 spiro atoms. The van der Waals surface area contributed by atoms with E-state index in [2.05, 4.69) is 21.2 Å². The van der Waals surface area contributed by atoms with Gasteiger partial charge >= 0.3 is 6.09 Å². The fourth-order valence-corrected chi connectivity index (χ4v) is 7.63. The van der Waals surface area contributed by atoms with Crippen molar-refractivity contribution in [3.63, 3.8) is 0 Å². The van der Waals surface area contributed by atoms with Crippen molar-refractivity contribution in [3.8, 4) is 22.9 Å². The Labute approximate surface area is 322 Å². The molecule has 2 aliphatic rings. The number of carbonyl (C=O) groups is 2. The van der Waals surface area contributed by atoms with Crippen molar-refractivity contribution in [1.29, 1.82) is 5.26 Å². The normalized spacial score (nSPS) is 16.0. The van der Waals surface area contributed by atoms with E-state index in [4.69, 9.17) is 21.1 Å². The van der Waals surface area contributed by atoms with Crippen LogP contribution in [0.3, 0.4) is 0 Å². The molecule has 9 nitrogen and oxygen atoms in total. The van der Waals surface area contributed by atoms with Crippen molar-refractivity contribution in [3.05, 3.63) is 124 Å². The molecule has 2 fully saturated rings. The second kappa shape index (κ2) is 18.9. The Morgan fingerprint density at radius 3 is 2.39 bits per heavy atom. The van der Waals surface area contributed by atoms with Crippen molar-refractivity contribution in [2.75, 3.05) is 52.4 Å². The minimum atomic E-state index is -0.736. The van der Waals surface area contributed by atoms with Crippen LogP contribution in [0, 0.1) is 23.1 Å². The Hall–Kier alpha value is -4.95. The lowest BCUT2D eigenvalue weighted by molar-refractivity contribution is -0.137. The van der Waals surface area contributed by atoms with Crippen molar-refractivity contribution in [1.82, 2.24) is 20.0 Å². The average Bonchev–Trinajstić information content (AvgIpc) is 3.20. The number of piperazine rings is 1. The molecule has 2 saturated heterocycles. The van der Waals surface area contributed by atoms with Crippen LogP contribution in [0.25, 0.3) is 11.1 Å². The fraction of sp³-hybridized carbons (Fsp3) is 0.372. The van der Waals surface area contributed by atoms with Crippen LogP contribution in [0.1, 0.15) is 42.0 Å². The SMILES string of the molecule is CCOc1cccc(F)c1CN1CCN(C(=O)[C@H](NC(=O)OCc2ccccc2)C2CCN(CCc3cc(Cl)ccc3-c3ccccc3C#N)CC2)CC1. The molecule has 0 saturated carbocycles. The lowest BCUT2D eigenvalue weighted by atomic mass is 9.88. The zero-order valence-corrected chi connectivity index (χ0v) is 31.4. The quantitative estimate of drug-likeness (QED) is 0.153. The number of alkyl carbamates (subject to hydrolysis) is 1. The highest BCUT2D eigenvalue weighted by Crippen LogP contribution is 2.31. The molecule has 4 aromatic carbocycles. The van der Waals surface area contributed by atoms with Crippen molar-refractivity contribution >= 4 is 23.6 Å². The van der Waals surface area contributed by atoms with Gasteiger partial charge in [0.2, 0.25) is 5.91 Å². The van der Waals surface area contributed by atoms with E-state index in [9.17, 15) is 19.2 Å². The molecule has 0 aromatic heterocycles. The summed E-state index contributed by atoms with van der Waals surface area (Å²) in [4.78, 5) is 33.7. The van der Waals surface area contributed by atoms with Gasteiger partial charge in [-0.2, -0.15) is 5.26 Å². The second-order valence-corrected chi connectivity index (χ2v) is 14.3. The minimum Gasteiger partial charge on any atom is -0.493 e. The van der Waals surface area contributed by atoms with E-state index in [1.54, 1.807) is 12.1 Å². The molecule has 1 atom stereocenters. The summed E-state index contributed by atoms with van der Waals surface area (Å²) in [7, 11) is 0. The van der Waals surface area contributed by atoms with Crippen LogP contribution >= 0.6 is 11.6 Å².